The van der Waals surface area contributed by atoms with Gasteiger partial charge >= 0.3 is 0 Å². The lowest BCUT2D eigenvalue weighted by molar-refractivity contribution is 0.101. The van der Waals surface area contributed by atoms with Gasteiger partial charge in [-0.25, -0.2) is 0 Å². The van der Waals surface area contributed by atoms with Gasteiger partial charge in [-0.05, 0) is 44.5 Å². The zero-order valence-electron chi connectivity index (χ0n) is 15.3. The van der Waals surface area contributed by atoms with E-state index in [-0.39, 0.29) is 40.1 Å². The number of ketones is 1. The average molecular weight is 368 g/mol. The van der Waals surface area contributed by atoms with Gasteiger partial charge in [0, 0.05) is 11.6 Å². The van der Waals surface area contributed by atoms with E-state index in [4.69, 9.17) is 14.2 Å². The molecule has 6 heteroatoms. The van der Waals surface area contributed by atoms with Crippen molar-refractivity contribution in [3.63, 3.8) is 0 Å². The van der Waals surface area contributed by atoms with Crippen LogP contribution in [0.1, 0.15) is 29.8 Å². The Morgan fingerprint density at radius 3 is 2.52 bits per heavy atom. The molecule has 1 aliphatic heterocycles. The van der Waals surface area contributed by atoms with Gasteiger partial charge in [-0.15, -0.1) is 0 Å². The number of ether oxygens (including phenoxy) is 3. The second kappa shape index (κ2) is 7.45. The van der Waals surface area contributed by atoms with Crippen molar-refractivity contribution in [2.24, 2.45) is 0 Å². The van der Waals surface area contributed by atoms with E-state index in [2.05, 4.69) is 0 Å². The highest BCUT2D eigenvalue weighted by Gasteiger charge is 2.35. The Bertz CT molecular complexity index is 934. The van der Waals surface area contributed by atoms with Crippen LogP contribution in [-0.2, 0) is 6.42 Å². The molecule has 0 fully saturated rings. The quantitative estimate of drug-likeness (QED) is 0.469. The Morgan fingerprint density at radius 2 is 1.89 bits per heavy atom. The highest BCUT2D eigenvalue weighted by atomic mass is 16.5. The third-order valence-electron chi connectivity index (χ3n) is 4.06. The van der Waals surface area contributed by atoms with Gasteiger partial charge in [0.15, 0.2) is 0 Å². The maximum Gasteiger partial charge on any atom is 0.238 e. The van der Waals surface area contributed by atoms with Crippen molar-refractivity contribution in [1.29, 1.82) is 0 Å². The molecule has 0 aliphatic carbocycles. The number of fused-ring (bicyclic) bond motifs is 1. The van der Waals surface area contributed by atoms with Gasteiger partial charge in [-0.3, -0.25) is 4.79 Å². The predicted molar refractivity (Wildman–Crippen MR) is 99.6 cm³/mol. The number of phenolic OH excluding ortho intramolecular Hbond substituents is 2. The molecule has 0 unspecified atom stereocenters. The average Bonchev–Trinajstić information content (AvgIpc) is 2.96. The second-order valence-electron chi connectivity index (χ2n) is 6.29. The van der Waals surface area contributed by atoms with Crippen LogP contribution in [0.15, 0.2) is 54.0 Å². The third-order valence-corrected chi connectivity index (χ3v) is 4.06. The van der Waals surface area contributed by atoms with E-state index in [1.165, 1.54) is 31.6 Å². The molecule has 0 bridgehead atoms. The second-order valence-corrected chi connectivity index (χ2v) is 6.29. The van der Waals surface area contributed by atoms with Gasteiger partial charge in [-0.2, -0.15) is 0 Å². The molecule has 0 radical (unpaired) electrons. The minimum absolute atomic E-state index is 0.00315. The molecule has 2 aromatic carbocycles. The van der Waals surface area contributed by atoms with Crippen molar-refractivity contribution < 1.29 is 29.2 Å². The van der Waals surface area contributed by atoms with E-state index < -0.39 is 0 Å². The topological polar surface area (TPSA) is 85.2 Å². The molecule has 1 heterocycles. The first-order valence-corrected chi connectivity index (χ1v) is 8.35. The van der Waals surface area contributed by atoms with Crippen molar-refractivity contribution in [1.82, 2.24) is 0 Å². The van der Waals surface area contributed by atoms with Crippen LogP contribution in [0, 0.1) is 0 Å². The van der Waals surface area contributed by atoms with Crippen LogP contribution < -0.4 is 14.2 Å². The summed E-state index contributed by atoms with van der Waals surface area (Å²) < 4.78 is 16.4. The maximum atomic E-state index is 12.8. The van der Waals surface area contributed by atoms with Crippen LogP contribution in [0.2, 0.25) is 0 Å². The fourth-order valence-electron chi connectivity index (χ4n) is 2.66. The minimum Gasteiger partial charge on any atom is -0.508 e. The lowest BCUT2D eigenvalue weighted by Gasteiger charge is -2.11. The van der Waals surface area contributed by atoms with Crippen LogP contribution in [0.3, 0.4) is 0 Å². The Labute approximate surface area is 156 Å². The number of Topliss-reactive ketones (excluding diaryl/α,β-unsaturated/α-hetero) is 1. The molecule has 1 aliphatic rings. The fourth-order valence-corrected chi connectivity index (χ4v) is 2.66. The van der Waals surface area contributed by atoms with E-state index in [0.717, 1.165) is 5.57 Å². The Morgan fingerprint density at radius 1 is 1.19 bits per heavy atom. The SMILES string of the molecule is COc1cc(O)c(CC=C(C)C)c2c1C(=O)/C(=C/Oc1ccc(O)cc1)O2. The first kappa shape index (κ1) is 18.4. The summed E-state index contributed by atoms with van der Waals surface area (Å²) in [4.78, 5) is 12.8. The number of rotatable bonds is 5. The van der Waals surface area contributed by atoms with Gasteiger partial charge in [-0.1, -0.05) is 11.6 Å². The molecule has 2 aromatic rings. The number of benzene rings is 2. The molecule has 0 spiro atoms. The molecule has 0 saturated carbocycles. The highest BCUT2D eigenvalue weighted by molar-refractivity contribution is 6.14. The van der Waals surface area contributed by atoms with Gasteiger partial charge in [0.25, 0.3) is 0 Å². The van der Waals surface area contributed by atoms with Gasteiger partial charge in [0.05, 0.1) is 7.11 Å². The highest BCUT2D eigenvalue weighted by Crippen LogP contribution is 2.45. The smallest absolute Gasteiger partial charge is 0.238 e. The lowest BCUT2D eigenvalue weighted by atomic mass is 10.0. The van der Waals surface area contributed by atoms with E-state index in [9.17, 15) is 15.0 Å². The summed E-state index contributed by atoms with van der Waals surface area (Å²) in [6, 6.07) is 7.48. The first-order valence-electron chi connectivity index (χ1n) is 8.35. The molecule has 27 heavy (non-hydrogen) atoms. The summed E-state index contributed by atoms with van der Waals surface area (Å²) in [6.07, 6.45) is 3.56. The number of hydrogen-bond donors (Lipinski definition) is 2. The summed E-state index contributed by atoms with van der Waals surface area (Å²) >= 11 is 0. The van der Waals surface area contributed by atoms with E-state index in [1.807, 2.05) is 19.9 Å². The number of aromatic hydroxyl groups is 2. The third kappa shape index (κ3) is 3.74. The van der Waals surface area contributed by atoms with Gasteiger partial charge in [0.2, 0.25) is 11.5 Å². The van der Waals surface area contributed by atoms with Gasteiger partial charge < -0.3 is 24.4 Å². The van der Waals surface area contributed by atoms with Crippen LogP contribution in [0.25, 0.3) is 0 Å². The van der Waals surface area contributed by atoms with Gasteiger partial charge in [0.1, 0.15) is 40.6 Å². The lowest BCUT2D eigenvalue weighted by Crippen LogP contribution is -2.02. The van der Waals surface area contributed by atoms with Crippen molar-refractivity contribution in [2.75, 3.05) is 7.11 Å². The summed E-state index contributed by atoms with van der Waals surface area (Å²) in [5.74, 6) is 0.652. The Balaban J connectivity index is 1.96. The van der Waals surface area contributed by atoms with Crippen LogP contribution in [0.5, 0.6) is 28.7 Å². The number of phenols is 2. The summed E-state index contributed by atoms with van der Waals surface area (Å²) in [7, 11) is 1.42. The van der Waals surface area contributed by atoms with E-state index >= 15 is 0 Å². The molecule has 2 N–H and O–H groups in total. The van der Waals surface area contributed by atoms with Crippen molar-refractivity contribution in [3.05, 3.63) is 65.1 Å². The zero-order chi connectivity index (χ0) is 19.6. The molecule has 0 saturated heterocycles. The number of methoxy groups -OCH3 is 1. The fraction of sp³-hybridized carbons (Fsp3) is 0.190. The Hall–Kier alpha value is -3.41. The number of hydrogen-bond acceptors (Lipinski definition) is 6. The molecule has 140 valence electrons. The van der Waals surface area contributed by atoms with Crippen LogP contribution in [-0.4, -0.2) is 23.1 Å². The van der Waals surface area contributed by atoms with Crippen LogP contribution >= 0.6 is 0 Å². The predicted octanol–water partition coefficient (Wildman–Crippen LogP) is 4.11. The minimum atomic E-state index is -0.390. The monoisotopic (exact) mass is 368 g/mol. The first-order chi connectivity index (χ1) is 12.9. The molecule has 0 atom stereocenters. The summed E-state index contributed by atoms with van der Waals surface area (Å²) in [6.45, 7) is 3.90. The van der Waals surface area contributed by atoms with Crippen molar-refractivity contribution >= 4 is 5.78 Å². The molecule has 0 amide bonds. The molecule has 6 nitrogen and oxygen atoms in total. The molecule has 3 rings (SSSR count). The summed E-state index contributed by atoms with van der Waals surface area (Å²) in [5, 5.41) is 19.6. The number of carbonyl (C=O) groups is 1. The largest absolute Gasteiger partial charge is 0.508 e. The molecular weight excluding hydrogens is 348 g/mol. The standard InChI is InChI=1S/C21H20O6/c1-12(2)4-9-15-16(23)10-17(25-3)19-20(24)18(27-21(15)19)11-26-14-7-5-13(22)6-8-14/h4-8,10-11,22-23H,9H2,1-3H3/b18-11-. The number of carbonyl (C=O) groups excluding carboxylic acids is 1. The zero-order valence-corrected chi connectivity index (χ0v) is 15.3. The van der Waals surface area contributed by atoms with E-state index in [0.29, 0.717) is 17.7 Å². The summed E-state index contributed by atoms with van der Waals surface area (Å²) in [5.41, 5.74) is 1.84. The Kier molecular flexibility index (Phi) is 5.07. The number of allylic oxidation sites excluding steroid dienone is 3. The normalized spacial score (nSPS) is 13.9. The van der Waals surface area contributed by atoms with Crippen molar-refractivity contribution in [3.8, 4) is 28.7 Å². The van der Waals surface area contributed by atoms with Crippen molar-refractivity contribution in [2.45, 2.75) is 20.3 Å². The maximum absolute atomic E-state index is 12.8. The molecular formula is C21H20O6. The molecule has 0 aromatic heterocycles. The van der Waals surface area contributed by atoms with E-state index in [1.54, 1.807) is 12.1 Å². The van der Waals surface area contributed by atoms with Crippen LogP contribution in [0.4, 0.5) is 0 Å².